The fourth-order valence-corrected chi connectivity index (χ4v) is 4.66. The first-order valence-electron chi connectivity index (χ1n) is 8.74. The van der Waals surface area contributed by atoms with Gasteiger partial charge in [0.1, 0.15) is 16.6 Å². The molecular formula is C18H16F2N6O2S2. The Morgan fingerprint density at radius 2 is 2.00 bits per heavy atom. The highest BCUT2D eigenvalue weighted by Gasteiger charge is 2.20. The van der Waals surface area contributed by atoms with Crippen molar-refractivity contribution in [3.8, 4) is 21.1 Å². The van der Waals surface area contributed by atoms with Crippen molar-refractivity contribution in [3.05, 3.63) is 33.8 Å². The third-order valence-corrected chi connectivity index (χ3v) is 6.38. The van der Waals surface area contributed by atoms with Gasteiger partial charge in [-0.3, -0.25) is 4.79 Å². The highest BCUT2D eigenvalue weighted by molar-refractivity contribution is 7.21. The standard InChI is InChI=1S/C18H16F2N6O2S2/c1-8-17(30-12(21-8)5-28-6-13(27)26(2)3)18-22-11(7-29-18)9-4-10(19)15-16(14(9)20)24-25-23-15/h4,7H,5-6H2,1-3H3,(H,23,24,25). The summed E-state index contributed by atoms with van der Waals surface area (Å²) in [5.41, 5.74) is 0.752. The van der Waals surface area contributed by atoms with Gasteiger partial charge in [-0.2, -0.15) is 15.4 Å². The molecule has 0 bridgehead atoms. The number of nitrogens with zero attached hydrogens (tertiary/aromatic N) is 5. The number of hydrogen-bond acceptors (Lipinski definition) is 8. The number of rotatable bonds is 6. The van der Waals surface area contributed by atoms with Gasteiger partial charge in [0, 0.05) is 25.0 Å². The first-order chi connectivity index (χ1) is 14.3. The Labute approximate surface area is 177 Å². The molecule has 0 saturated carbocycles. The van der Waals surface area contributed by atoms with Crippen molar-refractivity contribution < 1.29 is 18.3 Å². The van der Waals surface area contributed by atoms with Crippen LogP contribution in [0, 0.1) is 18.6 Å². The minimum Gasteiger partial charge on any atom is -0.364 e. The number of carbonyl (C=O) groups excluding carboxylic acids is 1. The van der Waals surface area contributed by atoms with E-state index in [0.717, 1.165) is 16.6 Å². The number of aromatic nitrogens is 5. The smallest absolute Gasteiger partial charge is 0.248 e. The highest BCUT2D eigenvalue weighted by atomic mass is 32.1. The molecule has 3 aromatic heterocycles. The summed E-state index contributed by atoms with van der Waals surface area (Å²) in [6.07, 6.45) is 0. The number of amides is 1. The van der Waals surface area contributed by atoms with Crippen molar-refractivity contribution in [2.24, 2.45) is 0 Å². The normalized spacial score (nSPS) is 11.4. The van der Waals surface area contributed by atoms with Gasteiger partial charge in [-0.25, -0.2) is 18.7 Å². The van der Waals surface area contributed by atoms with Gasteiger partial charge in [0.15, 0.2) is 22.7 Å². The predicted octanol–water partition coefficient (Wildman–Crippen LogP) is 3.40. The van der Waals surface area contributed by atoms with E-state index in [-0.39, 0.29) is 35.7 Å². The molecule has 4 aromatic rings. The molecule has 0 unspecified atom stereocenters. The zero-order valence-corrected chi connectivity index (χ0v) is 17.8. The van der Waals surface area contributed by atoms with Crippen LogP contribution in [0.15, 0.2) is 11.4 Å². The molecule has 12 heteroatoms. The Balaban J connectivity index is 1.57. The monoisotopic (exact) mass is 450 g/mol. The maximum absolute atomic E-state index is 14.7. The van der Waals surface area contributed by atoms with E-state index in [2.05, 4.69) is 25.4 Å². The maximum atomic E-state index is 14.7. The molecule has 0 saturated heterocycles. The van der Waals surface area contributed by atoms with Gasteiger partial charge in [0.25, 0.3) is 0 Å². The summed E-state index contributed by atoms with van der Waals surface area (Å²) in [7, 11) is 3.32. The van der Waals surface area contributed by atoms with Gasteiger partial charge in [-0.1, -0.05) is 0 Å². The molecular weight excluding hydrogens is 434 g/mol. The molecule has 4 rings (SSSR count). The van der Waals surface area contributed by atoms with Gasteiger partial charge < -0.3 is 9.64 Å². The summed E-state index contributed by atoms with van der Waals surface area (Å²) in [6.45, 7) is 2.01. The van der Waals surface area contributed by atoms with E-state index in [1.807, 2.05) is 6.92 Å². The summed E-state index contributed by atoms with van der Waals surface area (Å²) in [6, 6.07) is 1.07. The number of aromatic amines is 1. The molecule has 1 amide bonds. The Kier molecular flexibility index (Phi) is 5.54. The molecule has 1 N–H and O–H groups in total. The number of halogens is 2. The number of hydrogen-bond donors (Lipinski definition) is 1. The number of aryl methyl sites for hydroxylation is 1. The topological polar surface area (TPSA) is 96.9 Å². The second-order valence-electron chi connectivity index (χ2n) is 6.58. The third kappa shape index (κ3) is 3.80. The van der Waals surface area contributed by atoms with Crippen LogP contribution in [0.4, 0.5) is 8.78 Å². The lowest BCUT2D eigenvalue weighted by atomic mass is 10.1. The Morgan fingerprint density at radius 1 is 1.23 bits per heavy atom. The van der Waals surface area contributed by atoms with Gasteiger partial charge in [0.2, 0.25) is 5.91 Å². The minimum atomic E-state index is -0.683. The second kappa shape index (κ2) is 8.13. The van der Waals surface area contributed by atoms with E-state index in [9.17, 15) is 13.6 Å². The number of fused-ring (bicyclic) bond motifs is 1. The lowest BCUT2D eigenvalue weighted by Gasteiger charge is -2.09. The average molecular weight is 450 g/mol. The molecule has 0 aliphatic heterocycles. The van der Waals surface area contributed by atoms with Crippen LogP contribution in [0.3, 0.4) is 0 Å². The Hall–Kier alpha value is -2.83. The van der Waals surface area contributed by atoms with Crippen molar-refractivity contribution in [1.29, 1.82) is 0 Å². The van der Waals surface area contributed by atoms with E-state index in [0.29, 0.717) is 15.7 Å². The summed E-state index contributed by atoms with van der Waals surface area (Å²) in [5.74, 6) is -1.49. The highest BCUT2D eigenvalue weighted by Crippen LogP contribution is 2.36. The van der Waals surface area contributed by atoms with Crippen molar-refractivity contribution in [3.63, 3.8) is 0 Å². The van der Waals surface area contributed by atoms with Gasteiger partial charge >= 0.3 is 0 Å². The van der Waals surface area contributed by atoms with Crippen LogP contribution in [0.25, 0.3) is 32.2 Å². The molecule has 0 atom stereocenters. The second-order valence-corrected chi connectivity index (χ2v) is 8.52. The molecule has 1 aromatic carbocycles. The molecule has 30 heavy (non-hydrogen) atoms. The predicted molar refractivity (Wildman–Crippen MR) is 109 cm³/mol. The first-order valence-corrected chi connectivity index (χ1v) is 10.4. The molecule has 0 spiro atoms. The van der Waals surface area contributed by atoms with Gasteiger partial charge in [-0.05, 0) is 13.0 Å². The van der Waals surface area contributed by atoms with E-state index >= 15 is 0 Å². The van der Waals surface area contributed by atoms with Crippen molar-refractivity contribution in [1.82, 2.24) is 30.3 Å². The summed E-state index contributed by atoms with van der Waals surface area (Å²) >= 11 is 2.69. The average Bonchev–Trinajstić information content (AvgIpc) is 3.44. The van der Waals surface area contributed by atoms with Gasteiger partial charge in [0.05, 0.1) is 22.9 Å². The van der Waals surface area contributed by atoms with Crippen molar-refractivity contribution >= 4 is 39.6 Å². The fraction of sp³-hybridized carbons (Fsp3) is 0.278. The number of thiazole rings is 2. The maximum Gasteiger partial charge on any atom is 0.248 e. The van der Waals surface area contributed by atoms with Gasteiger partial charge in [-0.15, -0.1) is 22.7 Å². The summed E-state index contributed by atoms with van der Waals surface area (Å²) < 4.78 is 34.4. The fourth-order valence-electron chi connectivity index (χ4n) is 2.69. The van der Waals surface area contributed by atoms with Crippen molar-refractivity contribution in [2.75, 3.05) is 20.7 Å². The molecule has 8 nitrogen and oxygen atoms in total. The van der Waals surface area contributed by atoms with E-state index in [1.54, 1.807) is 19.5 Å². The van der Waals surface area contributed by atoms with Crippen LogP contribution in [0.1, 0.15) is 10.7 Å². The van der Waals surface area contributed by atoms with E-state index in [1.165, 1.54) is 27.6 Å². The van der Waals surface area contributed by atoms with Crippen LogP contribution in [-0.2, 0) is 16.1 Å². The third-order valence-electron chi connectivity index (χ3n) is 4.25. The number of ether oxygens (including phenoxy) is 1. The van der Waals surface area contributed by atoms with Crippen LogP contribution in [-0.4, -0.2) is 56.9 Å². The van der Waals surface area contributed by atoms with E-state index < -0.39 is 11.6 Å². The number of nitrogens with one attached hydrogen (secondary N) is 1. The number of H-pyrrole nitrogens is 1. The Bertz CT molecular complexity index is 1230. The summed E-state index contributed by atoms with van der Waals surface area (Å²) in [4.78, 5) is 22.8. The number of benzene rings is 1. The molecule has 0 fully saturated rings. The lowest BCUT2D eigenvalue weighted by Crippen LogP contribution is -2.26. The quantitative estimate of drug-likeness (QED) is 0.484. The zero-order chi connectivity index (χ0) is 21.4. The van der Waals surface area contributed by atoms with Crippen LogP contribution in [0.5, 0.6) is 0 Å². The van der Waals surface area contributed by atoms with Crippen LogP contribution >= 0.6 is 22.7 Å². The lowest BCUT2D eigenvalue weighted by molar-refractivity contribution is -0.133. The van der Waals surface area contributed by atoms with E-state index in [4.69, 9.17) is 4.74 Å². The molecule has 156 valence electrons. The van der Waals surface area contributed by atoms with Crippen molar-refractivity contribution in [2.45, 2.75) is 13.5 Å². The number of likely N-dealkylation sites (N-methyl/N-ethyl adjacent to an activating group) is 1. The largest absolute Gasteiger partial charge is 0.364 e. The molecule has 0 aliphatic carbocycles. The zero-order valence-electron chi connectivity index (χ0n) is 16.2. The SMILES string of the molecule is Cc1nc(COCC(=O)N(C)C)sc1-c1nc(-c2cc(F)c3n[nH]nc3c2F)cs1. The molecule has 3 heterocycles. The molecule has 0 aliphatic rings. The molecule has 0 radical (unpaired) electrons. The first kappa shape index (κ1) is 20.4. The summed E-state index contributed by atoms with van der Waals surface area (Å²) in [5, 5.41) is 12.5. The van der Waals surface area contributed by atoms with Crippen LogP contribution < -0.4 is 0 Å². The van der Waals surface area contributed by atoms with Crippen LogP contribution in [0.2, 0.25) is 0 Å². The minimum absolute atomic E-state index is 0.0179. The Morgan fingerprint density at radius 3 is 2.77 bits per heavy atom. The number of carbonyl (C=O) groups is 1.